The van der Waals surface area contributed by atoms with Crippen LogP contribution in [-0.4, -0.2) is 22.6 Å². The van der Waals surface area contributed by atoms with Crippen molar-refractivity contribution >= 4 is 46.5 Å². The van der Waals surface area contributed by atoms with E-state index in [1.807, 2.05) is 6.92 Å². The van der Waals surface area contributed by atoms with Gasteiger partial charge in [-0.3, -0.25) is 0 Å². The van der Waals surface area contributed by atoms with Crippen molar-refractivity contribution in [2.75, 3.05) is 11.9 Å². The van der Waals surface area contributed by atoms with Crippen LogP contribution in [0.25, 0.3) is 11.3 Å². The lowest BCUT2D eigenvalue weighted by molar-refractivity contribution is 0.0691. The van der Waals surface area contributed by atoms with Gasteiger partial charge in [0.1, 0.15) is 0 Å². The van der Waals surface area contributed by atoms with E-state index in [4.69, 9.17) is 34.8 Å². The van der Waals surface area contributed by atoms with Gasteiger partial charge in [0.25, 0.3) is 0 Å². The maximum atomic E-state index is 11.3. The van der Waals surface area contributed by atoms with E-state index in [2.05, 4.69) is 10.3 Å². The number of pyridine rings is 1. The lowest BCUT2D eigenvalue weighted by Crippen LogP contribution is -2.08. The normalized spacial score (nSPS) is 10.5. The van der Waals surface area contributed by atoms with E-state index >= 15 is 0 Å². The molecule has 0 aliphatic carbocycles. The van der Waals surface area contributed by atoms with Crippen LogP contribution in [0.2, 0.25) is 15.1 Å². The van der Waals surface area contributed by atoms with Crippen molar-refractivity contribution in [3.05, 3.63) is 45.0 Å². The molecule has 2 aromatic rings. The van der Waals surface area contributed by atoms with Gasteiger partial charge in [0, 0.05) is 17.1 Å². The summed E-state index contributed by atoms with van der Waals surface area (Å²) in [6.07, 6.45) is 0.873. The highest BCUT2D eigenvalue weighted by atomic mass is 35.5. The van der Waals surface area contributed by atoms with Crippen molar-refractivity contribution in [3.63, 3.8) is 0 Å². The predicted molar refractivity (Wildman–Crippen MR) is 90.4 cm³/mol. The summed E-state index contributed by atoms with van der Waals surface area (Å²) in [4.78, 5) is 15.4. The molecule has 0 atom stereocenters. The molecule has 0 unspecified atom stereocenters. The van der Waals surface area contributed by atoms with E-state index in [9.17, 15) is 9.90 Å². The molecule has 0 aliphatic heterocycles. The number of nitrogens with zero attached hydrogens (tertiary/aromatic N) is 1. The van der Waals surface area contributed by atoms with Gasteiger partial charge in [-0.05, 0) is 30.7 Å². The number of aromatic nitrogens is 1. The van der Waals surface area contributed by atoms with Crippen molar-refractivity contribution in [3.8, 4) is 11.3 Å². The topological polar surface area (TPSA) is 62.2 Å². The third-order valence-corrected chi connectivity index (χ3v) is 3.86. The standard InChI is InChI=1S/C15H13Cl3N2O2/c1-2-5-19-12-7-11(20-14(13(12)18)15(21)22)9-4-3-8(16)6-10(9)17/h3-4,6-7H,2,5H2,1H3,(H,19,20)(H,21,22). The van der Waals surface area contributed by atoms with Crippen LogP contribution in [0.4, 0.5) is 5.69 Å². The first-order chi connectivity index (χ1) is 10.4. The molecule has 1 aromatic carbocycles. The van der Waals surface area contributed by atoms with Gasteiger partial charge < -0.3 is 10.4 Å². The summed E-state index contributed by atoms with van der Waals surface area (Å²) in [6, 6.07) is 6.61. The number of hydrogen-bond acceptors (Lipinski definition) is 3. The number of aromatic carboxylic acids is 1. The fourth-order valence-electron chi connectivity index (χ4n) is 1.89. The molecular formula is C15H13Cl3N2O2. The van der Waals surface area contributed by atoms with Crippen molar-refractivity contribution in [1.29, 1.82) is 0 Å². The number of rotatable bonds is 5. The van der Waals surface area contributed by atoms with E-state index in [1.165, 1.54) is 0 Å². The first-order valence-corrected chi connectivity index (χ1v) is 7.70. The third-order valence-electron chi connectivity index (χ3n) is 2.93. The Balaban J connectivity index is 2.60. The lowest BCUT2D eigenvalue weighted by Gasteiger charge is -2.12. The summed E-state index contributed by atoms with van der Waals surface area (Å²) in [5.74, 6) is -1.20. The highest BCUT2D eigenvalue weighted by Crippen LogP contribution is 2.34. The zero-order valence-corrected chi connectivity index (χ0v) is 13.9. The Bertz CT molecular complexity index is 720. The van der Waals surface area contributed by atoms with E-state index in [-0.39, 0.29) is 10.7 Å². The summed E-state index contributed by atoms with van der Waals surface area (Å²) in [5.41, 5.74) is 1.30. The number of anilines is 1. The second-order valence-electron chi connectivity index (χ2n) is 4.57. The quantitative estimate of drug-likeness (QED) is 0.767. The molecule has 0 radical (unpaired) electrons. The molecule has 0 fully saturated rings. The van der Waals surface area contributed by atoms with E-state index in [1.54, 1.807) is 24.3 Å². The van der Waals surface area contributed by atoms with Crippen LogP contribution in [0.5, 0.6) is 0 Å². The fraction of sp³-hybridized carbons (Fsp3) is 0.200. The number of carbonyl (C=O) groups is 1. The number of halogens is 3. The van der Waals surface area contributed by atoms with Gasteiger partial charge in [-0.15, -0.1) is 0 Å². The highest BCUT2D eigenvalue weighted by molar-refractivity contribution is 6.37. The fourth-order valence-corrected chi connectivity index (χ4v) is 2.64. The van der Waals surface area contributed by atoms with Crippen LogP contribution < -0.4 is 5.32 Å². The summed E-state index contributed by atoms with van der Waals surface area (Å²) in [5, 5.41) is 13.3. The zero-order valence-electron chi connectivity index (χ0n) is 11.7. The molecule has 0 bridgehead atoms. The van der Waals surface area contributed by atoms with Gasteiger partial charge in [0.15, 0.2) is 5.69 Å². The molecule has 22 heavy (non-hydrogen) atoms. The first-order valence-electron chi connectivity index (χ1n) is 6.57. The van der Waals surface area contributed by atoms with Gasteiger partial charge in [0.2, 0.25) is 0 Å². The minimum Gasteiger partial charge on any atom is -0.476 e. The number of carboxylic acid groups (broad SMARTS) is 1. The highest BCUT2D eigenvalue weighted by Gasteiger charge is 2.18. The minimum absolute atomic E-state index is 0.0785. The minimum atomic E-state index is -1.20. The van der Waals surface area contributed by atoms with Crippen molar-refractivity contribution < 1.29 is 9.90 Å². The molecule has 7 heteroatoms. The SMILES string of the molecule is CCCNc1cc(-c2ccc(Cl)cc2Cl)nc(C(=O)O)c1Cl. The molecule has 1 aromatic heterocycles. The molecule has 1 heterocycles. The molecular weight excluding hydrogens is 347 g/mol. The predicted octanol–water partition coefficient (Wildman–Crippen LogP) is 5.23. The summed E-state index contributed by atoms with van der Waals surface area (Å²) in [6.45, 7) is 2.66. The van der Waals surface area contributed by atoms with Gasteiger partial charge in [-0.2, -0.15) is 0 Å². The lowest BCUT2D eigenvalue weighted by atomic mass is 10.1. The number of nitrogens with one attached hydrogen (secondary N) is 1. The second-order valence-corrected chi connectivity index (χ2v) is 5.80. The molecule has 116 valence electrons. The molecule has 4 nitrogen and oxygen atoms in total. The Morgan fingerprint density at radius 2 is 2.00 bits per heavy atom. The van der Waals surface area contributed by atoms with Gasteiger partial charge in [-0.1, -0.05) is 41.7 Å². The molecule has 2 N–H and O–H groups in total. The van der Waals surface area contributed by atoms with Gasteiger partial charge >= 0.3 is 5.97 Å². The molecule has 0 saturated heterocycles. The molecule has 0 spiro atoms. The summed E-state index contributed by atoms with van der Waals surface area (Å²) >= 11 is 18.1. The maximum Gasteiger partial charge on any atom is 0.356 e. The van der Waals surface area contributed by atoms with E-state index in [0.29, 0.717) is 33.5 Å². The summed E-state index contributed by atoms with van der Waals surface area (Å²) < 4.78 is 0. The van der Waals surface area contributed by atoms with Crippen LogP contribution in [0.15, 0.2) is 24.3 Å². The van der Waals surface area contributed by atoms with E-state index < -0.39 is 5.97 Å². The third kappa shape index (κ3) is 3.64. The zero-order chi connectivity index (χ0) is 16.3. The monoisotopic (exact) mass is 358 g/mol. The Morgan fingerprint density at radius 3 is 2.59 bits per heavy atom. The Labute approximate surface area is 143 Å². The molecule has 0 saturated carbocycles. The molecule has 2 rings (SSSR count). The van der Waals surface area contributed by atoms with Crippen LogP contribution in [0, 0.1) is 0 Å². The largest absolute Gasteiger partial charge is 0.476 e. The van der Waals surface area contributed by atoms with E-state index in [0.717, 1.165) is 6.42 Å². The Kier molecular flexibility index (Phi) is 5.51. The van der Waals surface area contributed by atoms with Crippen LogP contribution in [0.1, 0.15) is 23.8 Å². The molecule has 0 amide bonds. The van der Waals surface area contributed by atoms with Crippen molar-refractivity contribution in [1.82, 2.24) is 4.98 Å². The van der Waals surface area contributed by atoms with Crippen molar-refractivity contribution in [2.24, 2.45) is 0 Å². The smallest absolute Gasteiger partial charge is 0.356 e. The maximum absolute atomic E-state index is 11.3. The summed E-state index contributed by atoms with van der Waals surface area (Å²) in [7, 11) is 0. The number of benzene rings is 1. The second kappa shape index (κ2) is 7.18. The Morgan fingerprint density at radius 1 is 1.27 bits per heavy atom. The molecule has 0 aliphatic rings. The van der Waals surface area contributed by atoms with Gasteiger partial charge in [-0.25, -0.2) is 9.78 Å². The number of hydrogen-bond donors (Lipinski definition) is 2. The van der Waals surface area contributed by atoms with Gasteiger partial charge in [0.05, 0.1) is 21.4 Å². The average Bonchev–Trinajstić information content (AvgIpc) is 2.46. The number of carboxylic acids is 1. The van der Waals surface area contributed by atoms with Crippen molar-refractivity contribution in [2.45, 2.75) is 13.3 Å². The first kappa shape index (κ1) is 16.9. The Hall–Kier alpha value is -1.49. The van der Waals surface area contributed by atoms with Crippen LogP contribution in [0.3, 0.4) is 0 Å². The average molecular weight is 360 g/mol. The van der Waals surface area contributed by atoms with Crippen LogP contribution in [-0.2, 0) is 0 Å². The van der Waals surface area contributed by atoms with Crippen LogP contribution >= 0.6 is 34.8 Å².